The molecule has 1 aromatic heterocycles. The molecule has 0 aliphatic carbocycles. The minimum Gasteiger partial charge on any atom is -0.481 e. The lowest BCUT2D eigenvalue weighted by Crippen LogP contribution is -2.37. The van der Waals surface area contributed by atoms with Crippen LogP contribution in [0.3, 0.4) is 0 Å². The number of hydrogen-bond donors (Lipinski definition) is 1. The Bertz CT molecular complexity index is 698. The number of carboxylic acids is 1. The highest BCUT2D eigenvalue weighted by molar-refractivity contribution is 5.70. The highest BCUT2D eigenvalue weighted by atomic mass is 16.5. The summed E-state index contributed by atoms with van der Waals surface area (Å²) < 4.78 is 5.22. The van der Waals surface area contributed by atoms with Gasteiger partial charge < -0.3 is 14.7 Å². The number of ether oxygens (including phenoxy) is 1. The van der Waals surface area contributed by atoms with E-state index < -0.39 is 5.97 Å². The second-order valence-electron chi connectivity index (χ2n) is 5.94. The van der Waals surface area contributed by atoms with E-state index in [4.69, 9.17) is 14.8 Å². The van der Waals surface area contributed by atoms with Crippen LogP contribution in [0.2, 0.25) is 0 Å². The minimum absolute atomic E-state index is 0.255. The maximum absolute atomic E-state index is 11.1. The number of carbonyl (C=O) groups is 1. The van der Waals surface area contributed by atoms with Crippen molar-refractivity contribution in [1.82, 2.24) is 9.97 Å². The van der Waals surface area contributed by atoms with Crippen molar-refractivity contribution >= 4 is 11.8 Å². The van der Waals surface area contributed by atoms with E-state index in [2.05, 4.69) is 9.88 Å². The van der Waals surface area contributed by atoms with Gasteiger partial charge in [-0.2, -0.15) is 0 Å². The number of piperidine rings is 1. The Morgan fingerprint density at radius 3 is 2.58 bits per heavy atom. The van der Waals surface area contributed by atoms with Crippen molar-refractivity contribution in [1.29, 1.82) is 0 Å². The van der Waals surface area contributed by atoms with E-state index in [-0.39, 0.29) is 5.92 Å². The van der Waals surface area contributed by atoms with Gasteiger partial charge in [0.25, 0.3) is 0 Å². The van der Waals surface area contributed by atoms with Crippen LogP contribution >= 0.6 is 0 Å². The Kier molecular flexibility index (Phi) is 5.05. The summed E-state index contributed by atoms with van der Waals surface area (Å²) in [6.07, 6.45) is 1.28. The summed E-state index contributed by atoms with van der Waals surface area (Å²) in [6.45, 7) is 1.80. The lowest BCUT2D eigenvalue weighted by Gasteiger charge is -2.31. The monoisotopic (exact) mass is 327 g/mol. The molecular formula is C18H21N3O3. The number of aromatic nitrogens is 2. The van der Waals surface area contributed by atoms with Crippen molar-refractivity contribution in [2.24, 2.45) is 5.92 Å². The molecule has 0 atom stereocenters. The topological polar surface area (TPSA) is 75.5 Å². The number of methoxy groups -OCH3 is 1. The van der Waals surface area contributed by atoms with Crippen LogP contribution in [0.4, 0.5) is 5.82 Å². The zero-order valence-corrected chi connectivity index (χ0v) is 13.7. The second-order valence-corrected chi connectivity index (χ2v) is 5.94. The molecule has 1 aromatic carbocycles. The lowest BCUT2D eigenvalue weighted by molar-refractivity contribution is -0.142. The van der Waals surface area contributed by atoms with Crippen molar-refractivity contribution in [3.63, 3.8) is 0 Å². The summed E-state index contributed by atoms with van der Waals surface area (Å²) in [4.78, 5) is 22.5. The van der Waals surface area contributed by atoms with E-state index in [0.29, 0.717) is 38.4 Å². The van der Waals surface area contributed by atoms with Gasteiger partial charge in [0.15, 0.2) is 5.82 Å². The van der Waals surface area contributed by atoms with Gasteiger partial charge in [-0.15, -0.1) is 0 Å². The number of carboxylic acid groups (broad SMARTS) is 1. The molecule has 0 bridgehead atoms. The maximum Gasteiger partial charge on any atom is 0.306 e. The molecule has 0 unspecified atom stereocenters. The minimum atomic E-state index is -0.706. The summed E-state index contributed by atoms with van der Waals surface area (Å²) in [5.74, 6) is 0.540. The van der Waals surface area contributed by atoms with Crippen LogP contribution in [0.15, 0.2) is 36.4 Å². The number of aliphatic carboxylic acids is 1. The molecule has 3 rings (SSSR count). The van der Waals surface area contributed by atoms with Crippen molar-refractivity contribution in [3.8, 4) is 11.4 Å². The molecular weight excluding hydrogens is 306 g/mol. The van der Waals surface area contributed by atoms with Gasteiger partial charge in [-0.05, 0) is 12.8 Å². The van der Waals surface area contributed by atoms with Crippen molar-refractivity contribution in [2.75, 3.05) is 25.1 Å². The average Bonchev–Trinajstić information content (AvgIpc) is 2.62. The van der Waals surface area contributed by atoms with Gasteiger partial charge in [-0.25, -0.2) is 9.97 Å². The zero-order valence-electron chi connectivity index (χ0n) is 13.7. The number of benzene rings is 1. The standard InChI is InChI=1S/C18H21N3O3/c1-24-12-15-11-16(21-9-7-14(8-10-21)18(22)23)20-17(19-15)13-5-3-2-4-6-13/h2-6,11,14H,7-10,12H2,1H3,(H,22,23). The van der Waals surface area contributed by atoms with Gasteiger partial charge in [0, 0.05) is 31.8 Å². The third-order valence-corrected chi connectivity index (χ3v) is 4.26. The predicted molar refractivity (Wildman–Crippen MR) is 90.8 cm³/mol. The largest absolute Gasteiger partial charge is 0.481 e. The van der Waals surface area contributed by atoms with Crippen LogP contribution in [0, 0.1) is 5.92 Å². The van der Waals surface area contributed by atoms with Crippen molar-refractivity contribution < 1.29 is 14.6 Å². The van der Waals surface area contributed by atoms with Crippen LogP contribution in [0.1, 0.15) is 18.5 Å². The molecule has 2 heterocycles. The molecule has 24 heavy (non-hydrogen) atoms. The first-order chi connectivity index (χ1) is 11.7. The molecule has 126 valence electrons. The van der Waals surface area contributed by atoms with Crippen LogP contribution in [0.5, 0.6) is 0 Å². The molecule has 0 radical (unpaired) electrons. The average molecular weight is 327 g/mol. The first-order valence-electron chi connectivity index (χ1n) is 8.07. The van der Waals surface area contributed by atoms with Gasteiger partial charge >= 0.3 is 5.97 Å². The third-order valence-electron chi connectivity index (χ3n) is 4.26. The number of hydrogen-bond acceptors (Lipinski definition) is 5. The van der Waals surface area contributed by atoms with E-state index in [1.807, 2.05) is 36.4 Å². The molecule has 0 saturated carbocycles. The number of anilines is 1. The number of rotatable bonds is 5. The van der Waals surface area contributed by atoms with E-state index in [1.54, 1.807) is 7.11 Å². The molecule has 0 spiro atoms. The summed E-state index contributed by atoms with van der Waals surface area (Å²) in [5, 5.41) is 9.14. The van der Waals surface area contributed by atoms with Gasteiger partial charge in [0.2, 0.25) is 0 Å². The third kappa shape index (κ3) is 3.71. The predicted octanol–water partition coefficient (Wildman–Crippen LogP) is 2.59. The van der Waals surface area contributed by atoms with Crippen LogP contribution < -0.4 is 4.90 Å². The Hall–Kier alpha value is -2.47. The molecule has 0 amide bonds. The first-order valence-corrected chi connectivity index (χ1v) is 8.07. The maximum atomic E-state index is 11.1. The van der Waals surface area contributed by atoms with Crippen LogP contribution in [-0.4, -0.2) is 41.2 Å². The molecule has 6 heteroatoms. The van der Waals surface area contributed by atoms with Gasteiger partial charge in [-0.1, -0.05) is 30.3 Å². The molecule has 1 N–H and O–H groups in total. The molecule has 2 aromatic rings. The smallest absolute Gasteiger partial charge is 0.306 e. The quantitative estimate of drug-likeness (QED) is 0.910. The normalized spacial score (nSPS) is 15.5. The van der Waals surface area contributed by atoms with E-state index in [9.17, 15) is 4.79 Å². The van der Waals surface area contributed by atoms with Crippen LogP contribution in [0.25, 0.3) is 11.4 Å². The fraction of sp³-hybridized carbons (Fsp3) is 0.389. The Morgan fingerprint density at radius 1 is 1.25 bits per heavy atom. The first kappa shape index (κ1) is 16.4. The molecule has 1 aliphatic rings. The molecule has 1 saturated heterocycles. The summed E-state index contributed by atoms with van der Waals surface area (Å²) >= 11 is 0. The molecule has 6 nitrogen and oxygen atoms in total. The zero-order chi connectivity index (χ0) is 16.9. The van der Waals surface area contributed by atoms with Crippen molar-refractivity contribution in [2.45, 2.75) is 19.4 Å². The fourth-order valence-electron chi connectivity index (χ4n) is 2.94. The summed E-state index contributed by atoms with van der Waals surface area (Å²) in [6, 6.07) is 11.8. The fourth-order valence-corrected chi connectivity index (χ4v) is 2.94. The second kappa shape index (κ2) is 7.40. The highest BCUT2D eigenvalue weighted by Crippen LogP contribution is 2.25. The van der Waals surface area contributed by atoms with Crippen LogP contribution in [-0.2, 0) is 16.1 Å². The Morgan fingerprint density at radius 2 is 1.96 bits per heavy atom. The molecule has 1 aliphatic heterocycles. The van der Waals surface area contributed by atoms with Crippen molar-refractivity contribution in [3.05, 3.63) is 42.1 Å². The Labute approximate surface area is 141 Å². The lowest BCUT2D eigenvalue weighted by atomic mass is 9.97. The highest BCUT2D eigenvalue weighted by Gasteiger charge is 2.25. The SMILES string of the molecule is COCc1cc(N2CCC(C(=O)O)CC2)nc(-c2ccccc2)n1. The van der Waals surface area contributed by atoms with Gasteiger partial charge in [0.1, 0.15) is 5.82 Å². The number of nitrogens with zero attached hydrogens (tertiary/aromatic N) is 3. The van der Waals surface area contributed by atoms with E-state index >= 15 is 0 Å². The van der Waals surface area contributed by atoms with Gasteiger partial charge in [0.05, 0.1) is 18.2 Å². The Balaban J connectivity index is 1.87. The molecule has 1 fully saturated rings. The van der Waals surface area contributed by atoms with E-state index in [1.165, 1.54) is 0 Å². The summed E-state index contributed by atoms with van der Waals surface area (Å²) in [7, 11) is 1.64. The van der Waals surface area contributed by atoms with E-state index in [0.717, 1.165) is 17.1 Å². The van der Waals surface area contributed by atoms with Gasteiger partial charge in [-0.3, -0.25) is 4.79 Å². The summed E-state index contributed by atoms with van der Waals surface area (Å²) in [5.41, 5.74) is 1.78.